The predicted molar refractivity (Wildman–Crippen MR) is 108 cm³/mol. The molecule has 2 amide bonds. The highest BCUT2D eigenvalue weighted by atomic mass is 79.9. The second-order valence-corrected chi connectivity index (χ2v) is 7.55. The zero-order valence-corrected chi connectivity index (χ0v) is 17.3. The van der Waals surface area contributed by atoms with E-state index in [1.807, 2.05) is 19.1 Å². The summed E-state index contributed by atoms with van der Waals surface area (Å²) in [5.41, 5.74) is 2.17. The summed E-state index contributed by atoms with van der Waals surface area (Å²) in [6, 6.07) is 12.5. The Bertz CT molecular complexity index is 820. The fraction of sp³-hybridized carbons (Fsp3) is 0.211. The van der Waals surface area contributed by atoms with Crippen molar-refractivity contribution in [3.05, 3.63) is 62.5 Å². The van der Waals surface area contributed by atoms with E-state index >= 15 is 0 Å². The summed E-state index contributed by atoms with van der Waals surface area (Å²) in [6.07, 6.45) is 0.139. The highest BCUT2D eigenvalue weighted by Crippen LogP contribution is 2.19. The van der Waals surface area contributed by atoms with Gasteiger partial charge in [-0.1, -0.05) is 44.0 Å². The van der Waals surface area contributed by atoms with Crippen molar-refractivity contribution in [2.75, 3.05) is 11.9 Å². The number of carbonyl (C=O) groups excluding carboxylic acids is 3. The van der Waals surface area contributed by atoms with Crippen LogP contribution in [-0.4, -0.2) is 24.1 Å². The van der Waals surface area contributed by atoms with Crippen LogP contribution < -0.4 is 10.6 Å². The first-order valence-corrected chi connectivity index (χ1v) is 9.55. The number of halogens is 2. The molecule has 2 aromatic rings. The molecule has 0 aliphatic carbocycles. The van der Waals surface area contributed by atoms with E-state index in [4.69, 9.17) is 0 Å². The van der Waals surface area contributed by atoms with Crippen molar-refractivity contribution in [1.82, 2.24) is 5.32 Å². The number of amides is 2. The average molecular weight is 482 g/mol. The number of anilines is 1. The van der Waals surface area contributed by atoms with Crippen LogP contribution in [0, 0.1) is 6.92 Å². The predicted octanol–water partition coefficient (Wildman–Crippen LogP) is 4.24. The zero-order valence-electron chi connectivity index (χ0n) is 14.1. The van der Waals surface area contributed by atoms with Crippen molar-refractivity contribution in [2.24, 2.45) is 0 Å². The summed E-state index contributed by atoms with van der Waals surface area (Å²) in [5.74, 6) is -0.760. The van der Waals surface area contributed by atoms with Crippen LogP contribution in [0.25, 0.3) is 0 Å². The number of ketones is 1. The van der Waals surface area contributed by atoms with E-state index < -0.39 is 0 Å². The van der Waals surface area contributed by atoms with Gasteiger partial charge in [-0.2, -0.15) is 0 Å². The van der Waals surface area contributed by atoms with Gasteiger partial charge in [-0.05, 0) is 42.8 Å². The first-order chi connectivity index (χ1) is 12.3. The van der Waals surface area contributed by atoms with Crippen LogP contribution in [0.3, 0.4) is 0 Å². The van der Waals surface area contributed by atoms with Crippen molar-refractivity contribution < 1.29 is 14.4 Å². The highest BCUT2D eigenvalue weighted by Gasteiger charge is 2.11. The standard InChI is InChI=1S/C19H18Br2N2O3/c1-12-10-15(21)6-7-16(12)23-19(26)11-22-18(25)9-8-17(24)13-2-4-14(20)5-3-13/h2-7,10H,8-9,11H2,1H3,(H,22,25)(H,23,26). The fourth-order valence-corrected chi connectivity index (χ4v) is 2.98. The third kappa shape index (κ3) is 6.38. The Labute approximate surface area is 168 Å². The van der Waals surface area contributed by atoms with Gasteiger partial charge in [-0.3, -0.25) is 14.4 Å². The number of hydrogen-bond donors (Lipinski definition) is 2. The minimum absolute atomic E-state index is 0.0412. The average Bonchev–Trinajstić information content (AvgIpc) is 2.61. The maximum Gasteiger partial charge on any atom is 0.243 e. The third-order valence-electron chi connectivity index (χ3n) is 3.65. The molecule has 136 valence electrons. The molecule has 0 bridgehead atoms. The van der Waals surface area contributed by atoms with Crippen molar-refractivity contribution in [3.8, 4) is 0 Å². The largest absolute Gasteiger partial charge is 0.347 e. The SMILES string of the molecule is Cc1cc(Br)ccc1NC(=O)CNC(=O)CCC(=O)c1ccc(Br)cc1. The van der Waals surface area contributed by atoms with E-state index in [1.165, 1.54) is 0 Å². The third-order valence-corrected chi connectivity index (χ3v) is 4.68. The molecule has 0 heterocycles. The number of nitrogens with one attached hydrogen (secondary N) is 2. The van der Waals surface area contributed by atoms with Gasteiger partial charge in [0, 0.05) is 33.0 Å². The molecule has 2 aromatic carbocycles. The molecule has 0 fully saturated rings. The molecule has 0 atom stereocenters. The van der Waals surface area contributed by atoms with E-state index in [-0.39, 0.29) is 37.0 Å². The van der Waals surface area contributed by atoms with Gasteiger partial charge in [0.1, 0.15) is 0 Å². The Morgan fingerprint density at radius 3 is 2.19 bits per heavy atom. The van der Waals surface area contributed by atoms with Crippen LogP contribution in [0.1, 0.15) is 28.8 Å². The van der Waals surface area contributed by atoms with Crippen LogP contribution in [0.5, 0.6) is 0 Å². The molecule has 0 aliphatic heterocycles. The lowest BCUT2D eigenvalue weighted by Gasteiger charge is -2.09. The minimum Gasteiger partial charge on any atom is -0.347 e. The van der Waals surface area contributed by atoms with E-state index in [9.17, 15) is 14.4 Å². The van der Waals surface area contributed by atoms with E-state index in [0.29, 0.717) is 11.3 Å². The van der Waals surface area contributed by atoms with Gasteiger partial charge in [-0.25, -0.2) is 0 Å². The van der Waals surface area contributed by atoms with Crippen LogP contribution in [0.4, 0.5) is 5.69 Å². The highest BCUT2D eigenvalue weighted by molar-refractivity contribution is 9.10. The first-order valence-electron chi connectivity index (χ1n) is 7.96. The van der Waals surface area contributed by atoms with Gasteiger partial charge in [0.05, 0.1) is 6.54 Å². The molecule has 2 N–H and O–H groups in total. The number of aryl methyl sites for hydroxylation is 1. The smallest absolute Gasteiger partial charge is 0.243 e. The molecule has 0 aliphatic rings. The summed E-state index contributed by atoms with van der Waals surface area (Å²) in [7, 11) is 0. The number of rotatable bonds is 7. The number of Topliss-reactive ketones (excluding diaryl/α,β-unsaturated/α-hetero) is 1. The Morgan fingerprint density at radius 2 is 1.54 bits per heavy atom. The second kappa shape index (κ2) is 9.64. The fourth-order valence-electron chi connectivity index (χ4n) is 2.24. The van der Waals surface area contributed by atoms with Crippen LogP contribution in [0.2, 0.25) is 0 Å². The van der Waals surface area contributed by atoms with Crippen molar-refractivity contribution in [3.63, 3.8) is 0 Å². The Hall–Kier alpha value is -1.99. The molecular formula is C19H18Br2N2O3. The summed E-state index contributed by atoms with van der Waals surface area (Å²) >= 11 is 6.67. The van der Waals surface area contributed by atoms with E-state index in [0.717, 1.165) is 14.5 Å². The van der Waals surface area contributed by atoms with Crippen LogP contribution in [-0.2, 0) is 9.59 Å². The Morgan fingerprint density at radius 1 is 0.885 bits per heavy atom. The molecular weight excluding hydrogens is 464 g/mol. The lowest BCUT2D eigenvalue weighted by molar-refractivity contribution is -0.124. The van der Waals surface area contributed by atoms with Gasteiger partial charge in [0.2, 0.25) is 11.8 Å². The molecule has 0 radical (unpaired) electrons. The minimum atomic E-state index is -0.335. The molecule has 2 rings (SSSR count). The summed E-state index contributed by atoms with van der Waals surface area (Å²) < 4.78 is 1.82. The Kier molecular flexibility index (Phi) is 7.53. The first kappa shape index (κ1) is 20.3. The number of carbonyl (C=O) groups is 3. The molecule has 0 saturated carbocycles. The monoisotopic (exact) mass is 480 g/mol. The lowest BCUT2D eigenvalue weighted by Crippen LogP contribution is -2.33. The normalized spacial score (nSPS) is 10.3. The Balaban J connectivity index is 1.74. The number of hydrogen-bond acceptors (Lipinski definition) is 3. The van der Waals surface area contributed by atoms with E-state index in [1.54, 1.807) is 30.3 Å². The summed E-state index contributed by atoms with van der Waals surface area (Å²) in [6.45, 7) is 1.74. The van der Waals surface area contributed by atoms with Gasteiger partial charge < -0.3 is 10.6 Å². The van der Waals surface area contributed by atoms with Gasteiger partial charge in [0.15, 0.2) is 5.78 Å². The number of benzene rings is 2. The molecule has 0 saturated heterocycles. The van der Waals surface area contributed by atoms with Crippen molar-refractivity contribution in [2.45, 2.75) is 19.8 Å². The molecule has 0 unspecified atom stereocenters. The van der Waals surface area contributed by atoms with Gasteiger partial charge >= 0.3 is 0 Å². The lowest BCUT2D eigenvalue weighted by atomic mass is 10.1. The van der Waals surface area contributed by atoms with Gasteiger partial charge in [0.25, 0.3) is 0 Å². The molecule has 7 heteroatoms. The van der Waals surface area contributed by atoms with Crippen LogP contribution in [0.15, 0.2) is 51.4 Å². The summed E-state index contributed by atoms with van der Waals surface area (Å²) in [4.78, 5) is 35.8. The summed E-state index contributed by atoms with van der Waals surface area (Å²) in [5, 5.41) is 5.27. The molecule has 0 spiro atoms. The van der Waals surface area contributed by atoms with Crippen molar-refractivity contribution in [1.29, 1.82) is 0 Å². The molecule has 26 heavy (non-hydrogen) atoms. The molecule has 0 aromatic heterocycles. The topological polar surface area (TPSA) is 75.3 Å². The van der Waals surface area contributed by atoms with Crippen molar-refractivity contribution >= 4 is 55.1 Å². The zero-order chi connectivity index (χ0) is 19.1. The van der Waals surface area contributed by atoms with E-state index in [2.05, 4.69) is 42.5 Å². The quantitative estimate of drug-likeness (QED) is 0.581. The molecule has 5 nitrogen and oxygen atoms in total. The van der Waals surface area contributed by atoms with Crippen LogP contribution >= 0.6 is 31.9 Å². The second-order valence-electron chi connectivity index (χ2n) is 5.71. The maximum absolute atomic E-state index is 12.0. The maximum atomic E-state index is 12.0. The van der Waals surface area contributed by atoms with Gasteiger partial charge in [-0.15, -0.1) is 0 Å².